The van der Waals surface area contributed by atoms with Crippen LogP contribution in [0.3, 0.4) is 0 Å². The molecule has 2 heterocycles. The lowest BCUT2D eigenvalue weighted by atomic mass is 9.78. The van der Waals surface area contributed by atoms with Crippen LogP contribution in [-0.2, 0) is 16.9 Å². The van der Waals surface area contributed by atoms with Crippen molar-refractivity contribution in [3.63, 3.8) is 0 Å². The fourth-order valence-electron chi connectivity index (χ4n) is 5.53. The smallest absolute Gasteiger partial charge is 0.256 e. The standard InChI is InChI=1S/C27H23ClN4O5/c1-15-23(25(32(34)35)27(31-15)19-9-5-6-10-21(19)30-26(27)33)18-11-20(28)24(22(12-18)36-2)37-14-17-8-4-3-7-16(17)13-29/h3-12,15,23,25,31H,14H2,1-2H3,(H,30,33)/t15-,23-,25-,27-/m0/s1. The molecule has 10 heteroatoms. The number of fused-ring (bicyclic) bond motifs is 2. The van der Waals surface area contributed by atoms with Crippen LogP contribution in [0.5, 0.6) is 11.5 Å². The number of benzene rings is 3. The molecule has 0 saturated carbocycles. The number of amides is 1. The van der Waals surface area contributed by atoms with Gasteiger partial charge in [0.15, 0.2) is 17.0 Å². The Morgan fingerprint density at radius 1 is 1.19 bits per heavy atom. The molecular formula is C27H23ClN4O5. The first-order chi connectivity index (χ1) is 17.8. The van der Waals surface area contributed by atoms with Crippen LogP contribution in [0.4, 0.5) is 5.69 Å². The van der Waals surface area contributed by atoms with Crippen LogP contribution in [0, 0.1) is 21.4 Å². The molecule has 9 nitrogen and oxygen atoms in total. The van der Waals surface area contributed by atoms with Crippen LogP contribution in [0.1, 0.15) is 35.1 Å². The van der Waals surface area contributed by atoms with Gasteiger partial charge in [-0.1, -0.05) is 48.0 Å². The first-order valence-corrected chi connectivity index (χ1v) is 12.0. The average molecular weight is 519 g/mol. The van der Waals surface area contributed by atoms with E-state index >= 15 is 0 Å². The van der Waals surface area contributed by atoms with Gasteiger partial charge in [-0.2, -0.15) is 5.26 Å². The molecule has 1 spiro atoms. The van der Waals surface area contributed by atoms with Crippen molar-refractivity contribution in [1.29, 1.82) is 5.26 Å². The summed E-state index contributed by atoms with van der Waals surface area (Å²) in [6, 6.07) is 17.7. The van der Waals surface area contributed by atoms with Crippen molar-refractivity contribution in [3.05, 3.63) is 98.1 Å². The third-order valence-corrected chi connectivity index (χ3v) is 7.39. The zero-order chi connectivity index (χ0) is 26.3. The van der Waals surface area contributed by atoms with Crippen molar-refractivity contribution < 1.29 is 19.2 Å². The summed E-state index contributed by atoms with van der Waals surface area (Å²) in [6.07, 6.45) is 0. The fraction of sp³-hybridized carbons (Fsp3) is 0.259. The van der Waals surface area contributed by atoms with Crippen LogP contribution in [0.15, 0.2) is 60.7 Å². The molecule has 188 valence electrons. The van der Waals surface area contributed by atoms with Crippen LogP contribution < -0.4 is 20.1 Å². The predicted molar refractivity (Wildman–Crippen MR) is 136 cm³/mol. The molecule has 0 aromatic heterocycles. The lowest BCUT2D eigenvalue weighted by molar-refractivity contribution is -0.532. The predicted octanol–water partition coefficient (Wildman–Crippen LogP) is 4.37. The van der Waals surface area contributed by atoms with Gasteiger partial charge in [-0.25, -0.2) is 0 Å². The molecule has 1 saturated heterocycles. The molecule has 5 rings (SSSR count). The third-order valence-electron chi connectivity index (χ3n) is 7.11. The molecule has 2 aliphatic rings. The Balaban J connectivity index is 1.54. The van der Waals surface area contributed by atoms with Crippen molar-refractivity contribution in [2.75, 3.05) is 12.4 Å². The van der Waals surface area contributed by atoms with Gasteiger partial charge in [0.2, 0.25) is 0 Å². The summed E-state index contributed by atoms with van der Waals surface area (Å²) in [6.45, 7) is 1.89. The molecule has 4 atom stereocenters. The lowest BCUT2D eigenvalue weighted by Gasteiger charge is -2.25. The monoisotopic (exact) mass is 518 g/mol. The second-order valence-corrected chi connectivity index (χ2v) is 9.50. The number of nitriles is 1. The zero-order valence-corrected chi connectivity index (χ0v) is 20.8. The van der Waals surface area contributed by atoms with Gasteiger partial charge in [-0.15, -0.1) is 0 Å². The van der Waals surface area contributed by atoms with Crippen molar-refractivity contribution >= 4 is 23.2 Å². The molecule has 0 radical (unpaired) electrons. The van der Waals surface area contributed by atoms with E-state index in [1.54, 1.807) is 60.7 Å². The highest BCUT2D eigenvalue weighted by atomic mass is 35.5. The molecule has 2 aliphatic heterocycles. The van der Waals surface area contributed by atoms with Crippen LogP contribution in [0.25, 0.3) is 0 Å². The first kappa shape index (κ1) is 24.6. The SMILES string of the molecule is COc1cc([C@@H]2[C@H](C)N[C@]3(C(=O)Nc4ccccc43)[C@H]2[N+](=O)[O-])cc(Cl)c1OCc1ccccc1C#N. The van der Waals surface area contributed by atoms with Crippen molar-refractivity contribution in [3.8, 4) is 17.6 Å². The number of nitrogens with zero attached hydrogens (tertiary/aromatic N) is 2. The zero-order valence-electron chi connectivity index (χ0n) is 20.0. The van der Waals surface area contributed by atoms with Crippen LogP contribution >= 0.6 is 11.6 Å². The minimum absolute atomic E-state index is 0.0815. The van der Waals surface area contributed by atoms with E-state index in [1.807, 2.05) is 6.92 Å². The van der Waals surface area contributed by atoms with Crippen LogP contribution in [-0.4, -0.2) is 30.0 Å². The van der Waals surface area contributed by atoms with Gasteiger partial charge in [-0.3, -0.25) is 20.2 Å². The second-order valence-electron chi connectivity index (χ2n) is 9.09. The number of nitro groups is 1. The van der Waals surface area contributed by atoms with Gasteiger partial charge in [0.1, 0.15) is 6.61 Å². The topological polar surface area (TPSA) is 127 Å². The molecule has 1 fully saturated rings. The molecule has 2 N–H and O–H groups in total. The number of para-hydroxylation sites is 1. The van der Waals surface area contributed by atoms with E-state index in [-0.39, 0.29) is 17.4 Å². The number of rotatable bonds is 6. The Bertz CT molecular complexity index is 1450. The van der Waals surface area contributed by atoms with Gasteiger partial charge < -0.3 is 14.8 Å². The number of anilines is 1. The summed E-state index contributed by atoms with van der Waals surface area (Å²) in [7, 11) is 1.45. The molecule has 37 heavy (non-hydrogen) atoms. The fourth-order valence-corrected chi connectivity index (χ4v) is 5.80. The Kier molecular flexibility index (Phi) is 6.23. The number of halogens is 1. The van der Waals surface area contributed by atoms with E-state index in [1.165, 1.54) is 7.11 Å². The Hall–Kier alpha value is -4.13. The number of carbonyl (C=O) groups is 1. The van der Waals surface area contributed by atoms with Crippen molar-refractivity contribution in [1.82, 2.24) is 5.32 Å². The number of hydrogen-bond acceptors (Lipinski definition) is 7. The Morgan fingerprint density at radius 2 is 1.92 bits per heavy atom. The van der Waals surface area contributed by atoms with Gasteiger partial charge in [0, 0.05) is 27.8 Å². The van der Waals surface area contributed by atoms with E-state index in [9.17, 15) is 20.2 Å². The number of nitrogens with one attached hydrogen (secondary N) is 2. The summed E-state index contributed by atoms with van der Waals surface area (Å²) >= 11 is 6.63. The summed E-state index contributed by atoms with van der Waals surface area (Å²) in [4.78, 5) is 25.4. The molecule has 3 aromatic rings. The summed E-state index contributed by atoms with van der Waals surface area (Å²) in [5.74, 6) is -0.607. The maximum absolute atomic E-state index is 13.2. The minimum atomic E-state index is -1.53. The number of ether oxygens (including phenoxy) is 2. The maximum atomic E-state index is 13.2. The highest BCUT2D eigenvalue weighted by Gasteiger charge is 2.67. The van der Waals surface area contributed by atoms with Gasteiger partial charge in [-0.05, 0) is 36.8 Å². The van der Waals surface area contributed by atoms with Gasteiger partial charge >= 0.3 is 0 Å². The van der Waals surface area contributed by atoms with Crippen LogP contribution in [0.2, 0.25) is 5.02 Å². The molecule has 0 aliphatic carbocycles. The quantitative estimate of drug-likeness (QED) is 0.366. The highest BCUT2D eigenvalue weighted by molar-refractivity contribution is 6.32. The van der Waals surface area contributed by atoms with E-state index in [4.69, 9.17) is 21.1 Å². The first-order valence-electron chi connectivity index (χ1n) is 11.6. The highest BCUT2D eigenvalue weighted by Crippen LogP contribution is 2.51. The second kappa shape index (κ2) is 9.39. The van der Waals surface area contributed by atoms with E-state index in [0.717, 1.165) is 0 Å². The van der Waals surface area contributed by atoms with E-state index in [2.05, 4.69) is 16.7 Å². The minimum Gasteiger partial charge on any atom is -0.493 e. The van der Waals surface area contributed by atoms with Crippen molar-refractivity contribution in [2.45, 2.75) is 37.1 Å². The summed E-state index contributed by atoms with van der Waals surface area (Å²) in [5.41, 5.74) is 1.28. The van der Waals surface area contributed by atoms with Gasteiger partial charge in [0.05, 0.1) is 29.7 Å². The lowest BCUT2D eigenvalue weighted by Crippen LogP contribution is -2.54. The number of methoxy groups -OCH3 is 1. The van der Waals surface area contributed by atoms with E-state index < -0.39 is 34.4 Å². The molecule has 3 aromatic carbocycles. The number of hydrogen-bond donors (Lipinski definition) is 2. The largest absolute Gasteiger partial charge is 0.493 e. The third kappa shape index (κ3) is 3.86. The van der Waals surface area contributed by atoms with Crippen molar-refractivity contribution in [2.24, 2.45) is 0 Å². The molecule has 1 amide bonds. The molecular weight excluding hydrogens is 496 g/mol. The number of carbonyl (C=O) groups excluding carboxylic acids is 1. The maximum Gasteiger partial charge on any atom is 0.256 e. The summed E-state index contributed by atoms with van der Waals surface area (Å²) in [5, 5.41) is 28.1. The Morgan fingerprint density at radius 3 is 2.65 bits per heavy atom. The average Bonchev–Trinajstić information content (AvgIpc) is 3.36. The molecule has 0 unspecified atom stereocenters. The Labute approximate surface area is 218 Å². The molecule has 0 bridgehead atoms. The van der Waals surface area contributed by atoms with E-state index in [0.29, 0.717) is 33.7 Å². The summed E-state index contributed by atoms with van der Waals surface area (Å²) < 4.78 is 11.5. The van der Waals surface area contributed by atoms with Gasteiger partial charge in [0.25, 0.3) is 11.9 Å². The normalized spacial score (nSPS) is 23.8.